The maximum absolute atomic E-state index is 9.69. The van der Waals surface area contributed by atoms with Crippen LogP contribution in [0.4, 0.5) is 0 Å². The van der Waals surface area contributed by atoms with Crippen molar-refractivity contribution >= 4 is 5.78 Å². The van der Waals surface area contributed by atoms with Crippen LogP contribution in [-0.4, -0.2) is 32.7 Å². The van der Waals surface area contributed by atoms with Crippen LogP contribution in [0.5, 0.6) is 0 Å². The topological polar surface area (TPSA) is 35.5 Å². The summed E-state index contributed by atoms with van der Waals surface area (Å²) < 4.78 is 9.88. The minimum Gasteiger partial charge on any atom is -0.382 e. The molecule has 0 saturated heterocycles. The largest absolute Gasteiger partial charge is 0.382 e. The molecular weight excluding hydrogens is 168 g/mol. The van der Waals surface area contributed by atoms with Crippen LogP contribution in [0.15, 0.2) is 12.7 Å². The summed E-state index contributed by atoms with van der Waals surface area (Å²) in [5.74, 6) is 0.0185. The van der Waals surface area contributed by atoms with Gasteiger partial charge in [-0.25, -0.2) is 0 Å². The highest BCUT2D eigenvalue weighted by molar-refractivity contribution is 5.86. The van der Waals surface area contributed by atoms with Crippen molar-refractivity contribution in [2.75, 3.05) is 20.8 Å². The molecule has 3 nitrogen and oxygen atoms in total. The van der Waals surface area contributed by atoms with Crippen LogP contribution in [-0.2, 0) is 14.3 Å². The standard InChI is InChI=1S/C6H14O2.C4H6O/c1-4-6(8-3)5-7-2;1-3-4(2)5/h6H,4-5H2,1-3H3;3H,1H2,2H3. The molecule has 0 bridgehead atoms. The Bertz CT molecular complexity index is 128. The van der Waals surface area contributed by atoms with Gasteiger partial charge >= 0.3 is 0 Å². The van der Waals surface area contributed by atoms with Gasteiger partial charge in [0.1, 0.15) is 0 Å². The van der Waals surface area contributed by atoms with Gasteiger partial charge in [0.2, 0.25) is 0 Å². The average Bonchev–Trinajstić information content (AvgIpc) is 2.15. The molecule has 0 aliphatic carbocycles. The monoisotopic (exact) mass is 188 g/mol. The molecule has 0 spiro atoms. The molecule has 0 saturated carbocycles. The number of allylic oxidation sites excluding steroid dienone is 1. The zero-order chi connectivity index (χ0) is 10.7. The van der Waals surface area contributed by atoms with Crippen LogP contribution < -0.4 is 0 Å². The number of rotatable bonds is 5. The molecule has 3 heteroatoms. The Morgan fingerprint density at radius 1 is 1.54 bits per heavy atom. The average molecular weight is 188 g/mol. The van der Waals surface area contributed by atoms with Crippen molar-refractivity contribution in [3.05, 3.63) is 12.7 Å². The zero-order valence-electron chi connectivity index (χ0n) is 9.00. The third-order valence-corrected chi connectivity index (χ3v) is 1.43. The van der Waals surface area contributed by atoms with E-state index < -0.39 is 0 Å². The van der Waals surface area contributed by atoms with Crippen LogP contribution in [0.25, 0.3) is 0 Å². The molecule has 0 radical (unpaired) electrons. The van der Waals surface area contributed by atoms with Gasteiger partial charge in [0.15, 0.2) is 5.78 Å². The van der Waals surface area contributed by atoms with Gasteiger partial charge in [-0.2, -0.15) is 0 Å². The van der Waals surface area contributed by atoms with Crippen LogP contribution >= 0.6 is 0 Å². The fourth-order valence-electron chi connectivity index (χ4n) is 0.538. The van der Waals surface area contributed by atoms with E-state index in [-0.39, 0.29) is 11.9 Å². The second-order valence-electron chi connectivity index (χ2n) is 2.54. The number of ether oxygens (including phenoxy) is 2. The first-order valence-electron chi connectivity index (χ1n) is 4.27. The SMILES string of the molecule is C=CC(C)=O.CCC(COC)OC. The van der Waals surface area contributed by atoms with E-state index in [1.165, 1.54) is 13.0 Å². The van der Waals surface area contributed by atoms with Crippen molar-refractivity contribution in [3.8, 4) is 0 Å². The van der Waals surface area contributed by atoms with Crippen molar-refractivity contribution < 1.29 is 14.3 Å². The first-order valence-corrected chi connectivity index (χ1v) is 4.27. The van der Waals surface area contributed by atoms with Gasteiger partial charge in [0.25, 0.3) is 0 Å². The first-order chi connectivity index (χ1) is 6.12. The fraction of sp³-hybridized carbons (Fsp3) is 0.700. The predicted octanol–water partition coefficient (Wildman–Crippen LogP) is 1.82. The highest BCUT2D eigenvalue weighted by Crippen LogP contribution is 1.94. The molecule has 0 fully saturated rings. The van der Waals surface area contributed by atoms with Crippen molar-refractivity contribution in [3.63, 3.8) is 0 Å². The van der Waals surface area contributed by atoms with Crippen molar-refractivity contribution in [1.29, 1.82) is 0 Å². The second kappa shape index (κ2) is 11.3. The molecule has 0 amide bonds. The molecule has 0 rings (SSSR count). The highest BCUT2D eigenvalue weighted by atomic mass is 16.5. The van der Waals surface area contributed by atoms with Crippen LogP contribution in [0, 0.1) is 0 Å². The van der Waals surface area contributed by atoms with Crippen LogP contribution in [0.1, 0.15) is 20.3 Å². The Balaban J connectivity index is 0. The predicted molar refractivity (Wildman–Crippen MR) is 53.8 cm³/mol. The van der Waals surface area contributed by atoms with Crippen molar-refractivity contribution in [1.82, 2.24) is 0 Å². The van der Waals surface area contributed by atoms with Crippen LogP contribution in [0.2, 0.25) is 0 Å². The maximum Gasteiger partial charge on any atom is 0.152 e. The molecular formula is C10H20O3. The lowest BCUT2D eigenvalue weighted by Gasteiger charge is -2.09. The summed E-state index contributed by atoms with van der Waals surface area (Å²) in [7, 11) is 3.38. The zero-order valence-corrected chi connectivity index (χ0v) is 9.00. The number of carbonyl (C=O) groups is 1. The van der Waals surface area contributed by atoms with Gasteiger partial charge in [0, 0.05) is 14.2 Å². The number of ketones is 1. The lowest BCUT2D eigenvalue weighted by Crippen LogP contribution is -2.15. The van der Waals surface area contributed by atoms with E-state index in [0.29, 0.717) is 6.61 Å². The maximum atomic E-state index is 9.69. The first kappa shape index (κ1) is 14.8. The number of hydrogen-bond acceptors (Lipinski definition) is 3. The van der Waals surface area contributed by atoms with Gasteiger partial charge in [-0.3, -0.25) is 4.79 Å². The van der Waals surface area contributed by atoms with E-state index in [1.807, 2.05) is 0 Å². The molecule has 1 unspecified atom stereocenters. The Kier molecular flexibility index (Phi) is 12.9. The second-order valence-corrected chi connectivity index (χ2v) is 2.54. The Hall–Kier alpha value is -0.670. The molecule has 13 heavy (non-hydrogen) atoms. The smallest absolute Gasteiger partial charge is 0.152 e. The molecule has 0 aromatic rings. The summed E-state index contributed by atoms with van der Waals surface area (Å²) in [6, 6.07) is 0. The molecule has 0 aromatic heterocycles. The van der Waals surface area contributed by atoms with Crippen molar-refractivity contribution in [2.45, 2.75) is 26.4 Å². The van der Waals surface area contributed by atoms with Gasteiger partial charge in [-0.15, -0.1) is 0 Å². The lowest BCUT2D eigenvalue weighted by atomic mass is 10.3. The lowest BCUT2D eigenvalue weighted by molar-refractivity contribution is -0.112. The molecule has 0 aliphatic heterocycles. The van der Waals surface area contributed by atoms with E-state index in [4.69, 9.17) is 9.47 Å². The normalized spacial score (nSPS) is 11.1. The Labute approximate surface area is 80.7 Å². The minimum atomic E-state index is 0.0185. The fourth-order valence-corrected chi connectivity index (χ4v) is 0.538. The summed E-state index contributed by atoms with van der Waals surface area (Å²) in [6.07, 6.45) is 2.57. The number of methoxy groups -OCH3 is 2. The van der Waals surface area contributed by atoms with E-state index in [2.05, 4.69) is 13.5 Å². The quantitative estimate of drug-likeness (QED) is 0.617. The summed E-state index contributed by atoms with van der Waals surface area (Å²) in [4.78, 5) is 9.69. The molecule has 0 aromatic carbocycles. The molecule has 1 atom stereocenters. The van der Waals surface area contributed by atoms with Gasteiger partial charge in [0.05, 0.1) is 12.7 Å². The molecule has 0 aliphatic rings. The highest BCUT2D eigenvalue weighted by Gasteiger charge is 2.00. The van der Waals surface area contributed by atoms with E-state index in [9.17, 15) is 4.79 Å². The summed E-state index contributed by atoms with van der Waals surface area (Å²) >= 11 is 0. The van der Waals surface area contributed by atoms with E-state index in [0.717, 1.165) is 6.42 Å². The summed E-state index contributed by atoms with van der Waals surface area (Å²) in [5.41, 5.74) is 0. The minimum absolute atomic E-state index is 0.0185. The van der Waals surface area contributed by atoms with Gasteiger partial charge in [-0.05, 0) is 19.4 Å². The Morgan fingerprint density at radius 3 is 2.08 bits per heavy atom. The van der Waals surface area contributed by atoms with Crippen molar-refractivity contribution in [2.24, 2.45) is 0 Å². The number of carbonyl (C=O) groups excluding carboxylic acids is 1. The van der Waals surface area contributed by atoms with Gasteiger partial charge < -0.3 is 9.47 Å². The molecule has 0 heterocycles. The van der Waals surface area contributed by atoms with E-state index in [1.54, 1.807) is 14.2 Å². The van der Waals surface area contributed by atoms with Crippen LogP contribution in [0.3, 0.4) is 0 Å². The van der Waals surface area contributed by atoms with E-state index >= 15 is 0 Å². The molecule has 0 N–H and O–H groups in total. The third kappa shape index (κ3) is 14.2. The molecule has 78 valence electrons. The number of hydrogen-bond donors (Lipinski definition) is 0. The summed E-state index contributed by atoms with van der Waals surface area (Å²) in [5, 5.41) is 0. The Morgan fingerprint density at radius 2 is 2.00 bits per heavy atom. The summed E-state index contributed by atoms with van der Waals surface area (Å²) in [6.45, 7) is 7.45. The van der Waals surface area contributed by atoms with Gasteiger partial charge in [-0.1, -0.05) is 13.5 Å². The third-order valence-electron chi connectivity index (χ3n) is 1.43.